The maximum absolute atomic E-state index is 10.4. The van der Waals surface area contributed by atoms with Crippen LogP contribution < -0.4 is 5.32 Å². The van der Waals surface area contributed by atoms with Crippen LogP contribution in [-0.2, 0) is 14.3 Å². The van der Waals surface area contributed by atoms with Crippen LogP contribution in [0.3, 0.4) is 0 Å². The van der Waals surface area contributed by atoms with Gasteiger partial charge in [-0.2, -0.15) is 0 Å². The molecule has 0 atom stereocenters. The molecule has 0 aliphatic rings. The Kier molecular flexibility index (Phi) is 13.6. The van der Waals surface area contributed by atoms with Crippen LogP contribution in [0.15, 0.2) is 12.2 Å². The van der Waals surface area contributed by atoms with Gasteiger partial charge in [0.1, 0.15) is 0 Å². The van der Waals surface area contributed by atoms with Gasteiger partial charge in [-0.15, -0.1) is 0 Å². The fraction of sp³-hybridized carbons (Fsp3) is 0.636. The Morgan fingerprint density at radius 1 is 1.47 bits per heavy atom. The molecule has 0 spiro atoms. The number of hydrogen-bond acceptors (Lipinski definition) is 3. The molecule has 0 aliphatic carbocycles. The minimum absolute atomic E-state index is 0.312. The molecular formula is C11H21NO3. The van der Waals surface area contributed by atoms with Gasteiger partial charge in [-0.1, -0.05) is 19.9 Å². The molecule has 0 aromatic rings. The molecular weight excluding hydrogens is 194 g/mol. The summed E-state index contributed by atoms with van der Waals surface area (Å²) < 4.78 is 4.56. The van der Waals surface area contributed by atoms with Gasteiger partial charge in [0.05, 0.1) is 6.61 Å². The van der Waals surface area contributed by atoms with Crippen molar-refractivity contribution in [2.75, 3.05) is 13.2 Å². The second-order valence-corrected chi connectivity index (χ2v) is 2.93. The number of amides is 1. The van der Waals surface area contributed by atoms with E-state index in [0.717, 1.165) is 25.8 Å². The molecule has 0 heterocycles. The summed E-state index contributed by atoms with van der Waals surface area (Å²) in [4.78, 5) is 20.0. The molecule has 0 rings (SSSR count). The summed E-state index contributed by atoms with van der Waals surface area (Å²) in [5.41, 5.74) is 0.451. The molecule has 15 heavy (non-hydrogen) atoms. The first-order chi connectivity index (χ1) is 7.09. The fourth-order valence-electron chi connectivity index (χ4n) is 0.592. The van der Waals surface area contributed by atoms with E-state index in [0.29, 0.717) is 12.2 Å². The van der Waals surface area contributed by atoms with Gasteiger partial charge < -0.3 is 10.1 Å². The van der Waals surface area contributed by atoms with Crippen LogP contribution in [0.25, 0.3) is 0 Å². The molecule has 0 aromatic carbocycles. The third-order valence-electron chi connectivity index (χ3n) is 1.38. The number of ether oxygens (including phenoxy) is 1. The highest BCUT2D eigenvalue weighted by Crippen LogP contribution is 1.89. The van der Waals surface area contributed by atoms with Crippen LogP contribution in [0.2, 0.25) is 0 Å². The second kappa shape index (κ2) is 12.7. The molecule has 4 nitrogen and oxygen atoms in total. The van der Waals surface area contributed by atoms with Crippen molar-refractivity contribution >= 4 is 12.4 Å². The predicted octanol–water partition coefficient (Wildman–Crippen LogP) is 1.66. The van der Waals surface area contributed by atoms with E-state index in [9.17, 15) is 9.59 Å². The zero-order chi connectivity index (χ0) is 12.1. The Morgan fingerprint density at radius 2 is 2.07 bits per heavy atom. The summed E-state index contributed by atoms with van der Waals surface area (Å²) in [6, 6.07) is 0. The highest BCUT2D eigenvalue weighted by atomic mass is 16.5. The molecule has 0 aliphatic heterocycles. The summed E-state index contributed by atoms with van der Waals surface area (Å²) in [5.74, 6) is -0.312. The van der Waals surface area contributed by atoms with Crippen molar-refractivity contribution in [3.63, 3.8) is 0 Å². The summed E-state index contributed by atoms with van der Waals surface area (Å²) in [5, 5.41) is 2.57. The third kappa shape index (κ3) is 15.4. The van der Waals surface area contributed by atoms with Crippen LogP contribution in [-0.4, -0.2) is 25.5 Å². The number of esters is 1. The maximum Gasteiger partial charge on any atom is 0.333 e. The number of carbonyl (C=O) groups excluding carboxylic acids is 2. The largest absolute Gasteiger partial charge is 0.463 e. The zero-order valence-corrected chi connectivity index (χ0v) is 9.84. The lowest BCUT2D eigenvalue weighted by molar-refractivity contribution is -0.138. The molecule has 0 saturated heterocycles. The van der Waals surface area contributed by atoms with E-state index in [1.54, 1.807) is 13.8 Å². The topological polar surface area (TPSA) is 55.4 Å². The summed E-state index contributed by atoms with van der Waals surface area (Å²) in [7, 11) is 0. The fourth-order valence-corrected chi connectivity index (χ4v) is 0.592. The first-order valence-corrected chi connectivity index (χ1v) is 5.09. The lowest BCUT2D eigenvalue weighted by Crippen LogP contribution is -2.11. The van der Waals surface area contributed by atoms with Gasteiger partial charge in [0.15, 0.2) is 0 Å². The number of nitrogens with one attached hydrogen (secondary N) is 1. The Hall–Kier alpha value is -1.32. The monoisotopic (exact) mass is 215 g/mol. The predicted molar refractivity (Wildman–Crippen MR) is 60.4 cm³/mol. The van der Waals surface area contributed by atoms with E-state index >= 15 is 0 Å². The van der Waals surface area contributed by atoms with E-state index in [4.69, 9.17) is 0 Å². The van der Waals surface area contributed by atoms with Gasteiger partial charge in [0, 0.05) is 12.1 Å². The first-order valence-electron chi connectivity index (χ1n) is 5.09. The third-order valence-corrected chi connectivity index (χ3v) is 1.38. The lowest BCUT2D eigenvalue weighted by atomic mass is 10.3. The molecule has 0 unspecified atom stereocenters. The average molecular weight is 215 g/mol. The van der Waals surface area contributed by atoms with Crippen molar-refractivity contribution in [1.82, 2.24) is 5.32 Å². The molecule has 0 radical (unpaired) electrons. The molecule has 0 fully saturated rings. The van der Waals surface area contributed by atoms with Gasteiger partial charge in [-0.25, -0.2) is 4.79 Å². The van der Waals surface area contributed by atoms with E-state index < -0.39 is 0 Å². The quantitative estimate of drug-likeness (QED) is 0.317. The SMILES string of the molecule is C=C(C)C(=O)OCC.CCCCNC=O. The standard InChI is InChI=1S/C6H10O2.C5H11NO/c1-4-8-6(7)5(2)3;1-2-3-4-6-5-7/h2,4H2,1,3H3;5H,2-4H2,1H3,(H,6,7). The van der Waals surface area contributed by atoms with Crippen molar-refractivity contribution < 1.29 is 14.3 Å². The van der Waals surface area contributed by atoms with Gasteiger partial charge >= 0.3 is 5.97 Å². The van der Waals surface area contributed by atoms with Gasteiger partial charge in [0.2, 0.25) is 6.41 Å². The summed E-state index contributed by atoms with van der Waals surface area (Å²) in [6.45, 7) is 10.1. The zero-order valence-electron chi connectivity index (χ0n) is 9.84. The van der Waals surface area contributed by atoms with E-state index in [1.807, 2.05) is 0 Å². The number of unbranched alkanes of at least 4 members (excludes halogenated alkanes) is 1. The summed E-state index contributed by atoms with van der Waals surface area (Å²) >= 11 is 0. The van der Waals surface area contributed by atoms with Crippen LogP contribution in [0.4, 0.5) is 0 Å². The van der Waals surface area contributed by atoms with Crippen molar-refractivity contribution in [1.29, 1.82) is 0 Å². The second-order valence-electron chi connectivity index (χ2n) is 2.93. The number of carbonyl (C=O) groups is 2. The molecule has 4 heteroatoms. The van der Waals surface area contributed by atoms with Crippen molar-refractivity contribution in [3.05, 3.63) is 12.2 Å². The first kappa shape index (κ1) is 16.1. The molecule has 1 N–H and O–H groups in total. The normalized spacial score (nSPS) is 8.20. The van der Waals surface area contributed by atoms with E-state index in [2.05, 4.69) is 23.6 Å². The smallest absolute Gasteiger partial charge is 0.333 e. The molecule has 0 bridgehead atoms. The van der Waals surface area contributed by atoms with Crippen LogP contribution in [0.5, 0.6) is 0 Å². The van der Waals surface area contributed by atoms with Gasteiger partial charge in [0.25, 0.3) is 0 Å². The van der Waals surface area contributed by atoms with Crippen molar-refractivity contribution in [3.8, 4) is 0 Å². The minimum Gasteiger partial charge on any atom is -0.463 e. The molecule has 0 saturated carbocycles. The summed E-state index contributed by atoms with van der Waals surface area (Å²) in [6.07, 6.45) is 2.95. The van der Waals surface area contributed by atoms with Gasteiger partial charge in [-0.3, -0.25) is 4.79 Å². The van der Waals surface area contributed by atoms with Crippen molar-refractivity contribution in [2.45, 2.75) is 33.6 Å². The Labute approximate surface area is 91.7 Å². The minimum atomic E-state index is -0.312. The molecule has 88 valence electrons. The maximum atomic E-state index is 10.4. The number of rotatable bonds is 6. The Balaban J connectivity index is 0. The van der Waals surface area contributed by atoms with E-state index in [-0.39, 0.29) is 5.97 Å². The number of hydrogen-bond donors (Lipinski definition) is 1. The lowest BCUT2D eigenvalue weighted by Gasteiger charge is -1.96. The van der Waals surface area contributed by atoms with E-state index in [1.165, 1.54) is 0 Å². The van der Waals surface area contributed by atoms with Gasteiger partial charge in [-0.05, 0) is 20.3 Å². The Morgan fingerprint density at radius 3 is 2.33 bits per heavy atom. The molecule has 1 amide bonds. The highest BCUT2D eigenvalue weighted by molar-refractivity contribution is 5.86. The van der Waals surface area contributed by atoms with Crippen LogP contribution >= 0.6 is 0 Å². The molecule has 0 aromatic heterocycles. The van der Waals surface area contributed by atoms with Crippen molar-refractivity contribution in [2.24, 2.45) is 0 Å². The van der Waals surface area contributed by atoms with Crippen LogP contribution in [0, 0.1) is 0 Å². The Bertz CT molecular complexity index is 190. The van der Waals surface area contributed by atoms with Crippen LogP contribution in [0.1, 0.15) is 33.6 Å². The average Bonchev–Trinajstić information content (AvgIpc) is 2.20. The highest BCUT2D eigenvalue weighted by Gasteiger charge is 1.98.